The molecule has 0 aliphatic heterocycles. The summed E-state index contributed by atoms with van der Waals surface area (Å²) >= 11 is 0. The summed E-state index contributed by atoms with van der Waals surface area (Å²) in [6, 6.07) is 4.12. The van der Waals surface area contributed by atoms with Gasteiger partial charge < -0.3 is 15.0 Å². The number of hydrogen-bond acceptors (Lipinski definition) is 6. The molecule has 2 N–H and O–H groups in total. The first kappa shape index (κ1) is 23.8. The highest BCUT2D eigenvalue weighted by molar-refractivity contribution is 7.89. The quantitative estimate of drug-likeness (QED) is 0.582. The second kappa shape index (κ2) is 9.13. The van der Waals surface area contributed by atoms with E-state index < -0.39 is 34.0 Å². The molecule has 0 saturated heterocycles. The van der Waals surface area contributed by atoms with Gasteiger partial charge in [-0.3, -0.25) is 9.59 Å². The van der Waals surface area contributed by atoms with Crippen LogP contribution in [0.4, 0.5) is 0 Å². The van der Waals surface area contributed by atoms with Crippen molar-refractivity contribution in [3.63, 3.8) is 0 Å². The van der Waals surface area contributed by atoms with Gasteiger partial charge in [-0.25, -0.2) is 17.9 Å². The number of nitrogens with one attached hydrogen (secondary N) is 2. The molecule has 0 spiro atoms. The molecule has 30 heavy (non-hydrogen) atoms. The van der Waals surface area contributed by atoms with Crippen LogP contribution < -0.4 is 10.0 Å². The fourth-order valence-corrected chi connectivity index (χ4v) is 3.88. The van der Waals surface area contributed by atoms with E-state index in [9.17, 15) is 22.8 Å². The first-order chi connectivity index (χ1) is 13.8. The van der Waals surface area contributed by atoms with Crippen LogP contribution in [0, 0.1) is 6.92 Å². The Bertz CT molecular complexity index is 932. The second-order valence-electron chi connectivity index (χ2n) is 8.50. The van der Waals surface area contributed by atoms with Gasteiger partial charge in [-0.2, -0.15) is 0 Å². The molecule has 1 saturated carbocycles. The number of aryl methyl sites for hydroxylation is 1. The average Bonchev–Trinajstić information content (AvgIpc) is 3.40. The standard InChI is InChI=1S/C20H29N3O6S/c1-13-6-9-15(30(27,28)22-14-7-8-14)10-16(13)19(26)29-12-18(25)23(5)11-17(24)21-20(2,3)4/h6,9-10,14,22H,7-8,11-12H2,1-5H3,(H,21,24). The van der Waals surface area contributed by atoms with Crippen LogP contribution in [0.25, 0.3) is 0 Å². The summed E-state index contributed by atoms with van der Waals surface area (Å²) < 4.78 is 32.3. The van der Waals surface area contributed by atoms with Gasteiger partial charge >= 0.3 is 5.97 Å². The van der Waals surface area contributed by atoms with Crippen LogP contribution >= 0.6 is 0 Å². The summed E-state index contributed by atoms with van der Waals surface area (Å²) in [6.45, 7) is 6.39. The van der Waals surface area contributed by atoms with E-state index >= 15 is 0 Å². The fraction of sp³-hybridized carbons (Fsp3) is 0.550. The third-order valence-corrected chi connectivity index (χ3v) is 5.80. The molecule has 0 bridgehead atoms. The van der Waals surface area contributed by atoms with Crippen LogP contribution in [0.2, 0.25) is 0 Å². The summed E-state index contributed by atoms with van der Waals surface area (Å²) in [5, 5.41) is 2.74. The predicted octanol–water partition coefficient (Wildman–Crippen LogP) is 0.966. The highest BCUT2D eigenvalue weighted by atomic mass is 32.2. The Hall–Kier alpha value is -2.46. The summed E-state index contributed by atoms with van der Waals surface area (Å²) in [4.78, 5) is 37.6. The first-order valence-corrected chi connectivity index (χ1v) is 11.1. The van der Waals surface area contributed by atoms with Gasteiger partial charge in [-0.15, -0.1) is 0 Å². The van der Waals surface area contributed by atoms with Crippen LogP contribution in [0.15, 0.2) is 23.1 Å². The largest absolute Gasteiger partial charge is 0.452 e. The molecule has 0 atom stereocenters. The Kier molecular flexibility index (Phi) is 7.25. The van der Waals surface area contributed by atoms with Crippen molar-refractivity contribution >= 4 is 27.8 Å². The molecule has 2 amide bonds. The molecule has 9 nitrogen and oxygen atoms in total. The Morgan fingerprint density at radius 2 is 1.83 bits per heavy atom. The van der Waals surface area contributed by atoms with Gasteiger partial charge in [-0.1, -0.05) is 6.07 Å². The Morgan fingerprint density at radius 3 is 2.40 bits per heavy atom. The van der Waals surface area contributed by atoms with Gasteiger partial charge in [0.2, 0.25) is 15.9 Å². The van der Waals surface area contributed by atoms with E-state index in [0.717, 1.165) is 17.7 Å². The number of nitrogens with zero attached hydrogens (tertiary/aromatic N) is 1. The minimum atomic E-state index is -3.72. The van der Waals surface area contributed by atoms with Crippen LogP contribution in [0.5, 0.6) is 0 Å². The SMILES string of the molecule is Cc1ccc(S(=O)(=O)NC2CC2)cc1C(=O)OCC(=O)N(C)CC(=O)NC(C)(C)C. The van der Waals surface area contributed by atoms with Gasteiger partial charge in [0.1, 0.15) is 0 Å². The molecule has 0 radical (unpaired) electrons. The van der Waals surface area contributed by atoms with Crippen LogP contribution in [-0.4, -0.2) is 62.9 Å². The molecule has 1 aliphatic rings. The zero-order chi connectivity index (χ0) is 22.7. The van der Waals surface area contributed by atoms with Crippen molar-refractivity contribution in [1.82, 2.24) is 14.9 Å². The lowest BCUT2D eigenvalue weighted by atomic mass is 10.1. The van der Waals surface area contributed by atoms with Crippen LogP contribution in [-0.2, 0) is 24.3 Å². The fourth-order valence-electron chi connectivity index (χ4n) is 2.55. The average molecular weight is 440 g/mol. The van der Waals surface area contributed by atoms with Crippen molar-refractivity contribution in [3.8, 4) is 0 Å². The van der Waals surface area contributed by atoms with E-state index in [2.05, 4.69) is 10.0 Å². The molecule has 166 valence electrons. The number of hydrogen-bond donors (Lipinski definition) is 2. The second-order valence-corrected chi connectivity index (χ2v) is 10.2. The van der Waals surface area contributed by atoms with Gasteiger partial charge in [-0.05, 0) is 58.2 Å². The highest BCUT2D eigenvalue weighted by Gasteiger charge is 2.29. The number of carbonyl (C=O) groups is 3. The normalized spacial score (nSPS) is 14.2. The lowest BCUT2D eigenvalue weighted by Gasteiger charge is -2.23. The van der Waals surface area contributed by atoms with Crippen LogP contribution in [0.1, 0.15) is 49.5 Å². The van der Waals surface area contributed by atoms with E-state index in [4.69, 9.17) is 4.74 Å². The lowest BCUT2D eigenvalue weighted by Crippen LogP contribution is -2.46. The molecule has 0 unspecified atom stereocenters. The van der Waals surface area contributed by atoms with Crippen molar-refractivity contribution in [1.29, 1.82) is 0 Å². The summed E-state index contributed by atoms with van der Waals surface area (Å²) in [6.07, 6.45) is 1.59. The monoisotopic (exact) mass is 439 g/mol. The Labute approximate surface area is 177 Å². The zero-order valence-electron chi connectivity index (χ0n) is 17.9. The molecule has 1 aromatic rings. The third-order valence-electron chi connectivity index (χ3n) is 4.29. The maximum absolute atomic E-state index is 12.4. The van der Waals surface area contributed by atoms with Crippen molar-refractivity contribution < 1.29 is 27.5 Å². The minimum Gasteiger partial charge on any atom is -0.452 e. The van der Waals surface area contributed by atoms with E-state index in [1.165, 1.54) is 25.2 Å². The van der Waals surface area contributed by atoms with Crippen molar-refractivity contribution in [2.45, 2.75) is 57.0 Å². The third kappa shape index (κ3) is 7.10. The van der Waals surface area contributed by atoms with Crippen molar-refractivity contribution in [2.24, 2.45) is 0 Å². The summed E-state index contributed by atoms with van der Waals surface area (Å²) in [5.41, 5.74) is 0.162. The number of sulfonamides is 1. The van der Waals surface area contributed by atoms with E-state index in [-0.39, 0.29) is 29.0 Å². The summed E-state index contributed by atoms with van der Waals surface area (Å²) in [5.74, 6) is -1.69. The number of ether oxygens (including phenoxy) is 1. The lowest BCUT2D eigenvalue weighted by molar-refractivity contribution is -0.137. The highest BCUT2D eigenvalue weighted by Crippen LogP contribution is 2.23. The first-order valence-electron chi connectivity index (χ1n) is 9.63. The molecule has 1 aliphatic carbocycles. The van der Waals surface area contributed by atoms with Gasteiger partial charge in [0, 0.05) is 18.6 Å². The molecular weight excluding hydrogens is 410 g/mol. The molecule has 1 aromatic carbocycles. The molecule has 2 rings (SSSR count). The number of benzene rings is 1. The number of rotatable bonds is 8. The van der Waals surface area contributed by atoms with E-state index in [0.29, 0.717) is 5.56 Å². The topological polar surface area (TPSA) is 122 Å². The maximum Gasteiger partial charge on any atom is 0.338 e. The number of carbonyl (C=O) groups excluding carboxylic acids is 3. The summed E-state index contributed by atoms with van der Waals surface area (Å²) in [7, 11) is -2.29. The van der Waals surface area contributed by atoms with Gasteiger partial charge in [0.25, 0.3) is 5.91 Å². The number of amides is 2. The van der Waals surface area contributed by atoms with Gasteiger partial charge in [0.15, 0.2) is 6.61 Å². The number of esters is 1. The predicted molar refractivity (Wildman–Crippen MR) is 110 cm³/mol. The molecule has 0 heterocycles. The molecule has 0 aromatic heterocycles. The molecular formula is C20H29N3O6S. The van der Waals surface area contributed by atoms with Crippen LogP contribution in [0.3, 0.4) is 0 Å². The Balaban J connectivity index is 1.97. The molecule has 10 heteroatoms. The zero-order valence-corrected chi connectivity index (χ0v) is 18.8. The maximum atomic E-state index is 12.4. The number of likely N-dealkylation sites (N-methyl/N-ethyl adjacent to an activating group) is 1. The van der Waals surface area contributed by atoms with E-state index in [1.807, 2.05) is 20.8 Å². The van der Waals surface area contributed by atoms with Gasteiger partial charge in [0.05, 0.1) is 17.0 Å². The molecule has 1 fully saturated rings. The van der Waals surface area contributed by atoms with Crippen molar-refractivity contribution in [2.75, 3.05) is 20.2 Å². The van der Waals surface area contributed by atoms with Crippen molar-refractivity contribution in [3.05, 3.63) is 29.3 Å². The smallest absolute Gasteiger partial charge is 0.338 e. The minimum absolute atomic E-state index is 0.0331. The van der Waals surface area contributed by atoms with E-state index in [1.54, 1.807) is 6.92 Å². The Morgan fingerprint density at radius 1 is 1.20 bits per heavy atom.